The lowest BCUT2D eigenvalue weighted by Crippen LogP contribution is -2.12. The van der Waals surface area contributed by atoms with Gasteiger partial charge in [0.05, 0.1) is 17.9 Å². The number of esters is 1. The molecule has 0 aliphatic heterocycles. The average molecular weight is 291 g/mol. The lowest BCUT2D eigenvalue weighted by Gasteiger charge is -2.11. The minimum Gasteiger partial charge on any atom is -0.462 e. The quantitative estimate of drug-likeness (QED) is 0.828. The van der Waals surface area contributed by atoms with Crippen LogP contribution < -0.4 is 11.1 Å². The van der Waals surface area contributed by atoms with Crippen LogP contribution in [0.4, 0.5) is 11.5 Å². The summed E-state index contributed by atoms with van der Waals surface area (Å²) in [5.74, 6) is 0.0725. The first-order valence-electron chi connectivity index (χ1n) is 6.30. The second kappa shape index (κ2) is 6.38. The van der Waals surface area contributed by atoms with Gasteiger partial charge in [-0.1, -0.05) is 0 Å². The van der Waals surface area contributed by atoms with E-state index in [1.165, 1.54) is 11.1 Å². The number of thiophene rings is 1. The van der Waals surface area contributed by atoms with Crippen molar-refractivity contribution in [2.24, 2.45) is 0 Å². The van der Waals surface area contributed by atoms with E-state index in [4.69, 9.17) is 10.5 Å². The van der Waals surface area contributed by atoms with E-state index >= 15 is 0 Å². The SMILES string of the molecule is CCOC(=O)c1ccnc(NCc2cscc2C)c1N. The Balaban J connectivity index is 2.14. The number of nitrogens with two attached hydrogens (primary N) is 1. The summed E-state index contributed by atoms with van der Waals surface area (Å²) in [7, 11) is 0. The molecule has 0 aliphatic rings. The van der Waals surface area contributed by atoms with E-state index in [1.807, 2.05) is 0 Å². The maximum atomic E-state index is 11.7. The van der Waals surface area contributed by atoms with Gasteiger partial charge in [-0.25, -0.2) is 9.78 Å². The second-order valence-electron chi connectivity index (χ2n) is 4.27. The summed E-state index contributed by atoms with van der Waals surface area (Å²) in [4.78, 5) is 15.9. The molecule has 0 bridgehead atoms. The molecule has 0 fully saturated rings. The Kier molecular flexibility index (Phi) is 4.57. The highest BCUT2D eigenvalue weighted by molar-refractivity contribution is 7.08. The lowest BCUT2D eigenvalue weighted by atomic mass is 10.2. The largest absolute Gasteiger partial charge is 0.462 e. The Morgan fingerprint density at radius 1 is 1.50 bits per heavy atom. The highest BCUT2D eigenvalue weighted by atomic mass is 32.1. The molecule has 106 valence electrons. The van der Waals surface area contributed by atoms with Crippen LogP contribution in [0, 0.1) is 6.92 Å². The molecule has 0 saturated carbocycles. The molecule has 0 radical (unpaired) electrons. The van der Waals surface area contributed by atoms with Gasteiger partial charge in [-0.15, -0.1) is 0 Å². The van der Waals surface area contributed by atoms with Crippen molar-refractivity contribution in [3.63, 3.8) is 0 Å². The highest BCUT2D eigenvalue weighted by Gasteiger charge is 2.14. The van der Waals surface area contributed by atoms with E-state index < -0.39 is 5.97 Å². The van der Waals surface area contributed by atoms with Gasteiger partial charge in [-0.2, -0.15) is 11.3 Å². The average Bonchev–Trinajstić information content (AvgIpc) is 2.83. The van der Waals surface area contributed by atoms with Gasteiger partial charge in [0.15, 0.2) is 0 Å². The molecule has 3 N–H and O–H groups in total. The third kappa shape index (κ3) is 3.08. The highest BCUT2D eigenvalue weighted by Crippen LogP contribution is 2.22. The van der Waals surface area contributed by atoms with Crippen LogP contribution in [0.5, 0.6) is 0 Å². The Morgan fingerprint density at radius 3 is 2.95 bits per heavy atom. The van der Waals surface area contributed by atoms with Crippen molar-refractivity contribution in [2.45, 2.75) is 20.4 Å². The van der Waals surface area contributed by atoms with Gasteiger partial charge < -0.3 is 15.8 Å². The topological polar surface area (TPSA) is 77.2 Å². The number of nitrogen functional groups attached to an aromatic ring is 1. The van der Waals surface area contributed by atoms with Crippen molar-refractivity contribution in [1.82, 2.24) is 4.98 Å². The van der Waals surface area contributed by atoms with E-state index in [9.17, 15) is 4.79 Å². The van der Waals surface area contributed by atoms with Gasteiger partial charge in [0, 0.05) is 12.7 Å². The number of rotatable bonds is 5. The molecule has 0 saturated heterocycles. The molecule has 0 spiro atoms. The summed E-state index contributed by atoms with van der Waals surface area (Å²) in [6.45, 7) is 4.75. The molecule has 0 aromatic carbocycles. The standard InChI is InChI=1S/C14H17N3O2S/c1-3-19-14(18)11-4-5-16-13(12(11)15)17-6-10-8-20-7-9(10)2/h4-5,7-8H,3,6,15H2,1-2H3,(H,16,17). The molecule has 20 heavy (non-hydrogen) atoms. The van der Waals surface area contributed by atoms with Gasteiger partial charge in [0.1, 0.15) is 5.82 Å². The first kappa shape index (κ1) is 14.3. The summed E-state index contributed by atoms with van der Waals surface area (Å²) in [5.41, 5.74) is 9.04. The van der Waals surface area contributed by atoms with Crippen molar-refractivity contribution in [1.29, 1.82) is 0 Å². The Morgan fingerprint density at radius 2 is 2.30 bits per heavy atom. The van der Waals surface area contributed by atoms with Crippen molar-refractivity contribution < 1.29 is 9.53 Å². The third-order valence-corrected chi connectivity index (χ3v) is 3.80. The minimum atomic E-state index is -0.429. The fourth-order valence-corrected chi connectivity index (χ4v) is 2.60. The maximum absolute atomic E-state index is 11.7. The van der Waals surface area contributed by atoms with Crippen molar-refractivity contribution in [3.8, 4) is 0 Å². The first-order valence-corrected chi connectivity index (χ1v) is 7.25. The molecule has 5 nitrogen and oxygen atoms in total. The number of carbonyl (C=O) groups is 1. The summed E-state index contributed by atoms with van der Waals surface area (Å²) >= 11 is 1.65. The van der Waals surface area contributed by atoms with Crippen LogP contribution in [0.1, 0.15) is 28.4 Å². The van der Waals surface area contributed by atoms with Gasteiger partial charge in [-0.3, -0.25) is 0 Å². The molecule has 2 rings (SSSR count). The van der Waals surface area contributed by atoms with Crippen molar-refractivity contribution >= 4 is 28.8 Å². The van der Waals surface area contributed by atoms with E-state index in [0.29, 0.717) is 30.2 Å². The molecule has 6 heteroatoms. The molecule has 0 aliphatic carbocycles. The number of ether oxygens (including phenoxy) is 1. The van der Waals surface area contributed by atoms with E-state index in [-0.39, 0.29) is 0 Å². The molecule has 0 amide bonds. The predicted molar refractivity (Wildman–Crippen MR) is 81.0 cm³/mol. The summed E-state index contributed by atoms with van der Waals surface area (Å²) in [5, 5.41) is 7.32. The number of nitrogens with one attached hydrogen (secondary N) is 1. The summed E-state index contributed by atoms with van der Waals surface area (Å²) in [6, 6.07) is 1.56. The maximum Gasteiger partial charge on any atom is 0.340 e. The van der Waals surface area contributed by atoms with Crippen LogP contribution >= 0.6 is 11.3 Å². The smallest absolute Gasteiger partial charge is 0.340 e. The number of hydrogen-bond donors (Lipinski definition) is 2. The van der Waals surface area contributed by atoms with E-state index in [2.05, 4.69) is 28.0 Å². The minimum absolute atomic E-state index is 0.317. The van der Waals surface area contributed by atoms with Crippen LogP contribution in [0.25, 0.3) is 0 Å². The van der Waals surface area contributed by atoms with Crippen LogP contribution in [0.3, 0.4) is 0 Å². The summed E-state index contributed by atoms with van der Waals surface area (Å²) < 4.78 is 4.96. The number of aromatic nitrogens is 1. The van der Waals surface area contributed by atoms with Crippen LogP contribution in [0.15, 0.2) is 23.0 Å². The number of carbonyl (C=O) groups excluding carboxylic acids is 1. The lowest BCUT2D eigenvalue weighted by molar-refractivity contribution is 0.0527. The zero-order valence-electron chi connectivity index (χ0n) is 11.5. The van der Waals surface area contributed by atoms with Gasteiger partial charge in [0.25, 0.3) is 0 Å². The number of hydrogen-bond acceptors (Lipinski definition) is 6. The molecule has 2 aromatic rings. The fraction of sp³-hybridized carbons (Fsp3) is 0.286. The van der Waals surface area contributed by atoms with Crippen molar-refractivity contribution in [3.05, 3.63) is 39.7 Å². The zero-order chi connectivity index (χ0) is 14.5. The van der Waals surface area contributed by atoms with Gasteiger partial charge in [0.2, 0.25) is 0 Å². The van der Waals surface area contributed by atoms with E-state index in [1.54, 1.807) is 30.5 Å². The third-order valence-electron chi connectivity index (χ3n) is 2.89. The van der Waals surface area contributed by atoms with Gasteiger partial charge >= 0.3 is 5.97 Å². The first-order chi connectivity index (χ1) is 9.63. The normalized spacial score (nSPS) is 10.3. The monoisotopic (exact) mass is 291 g/mol. The number of aryl methyl sites for hydroxylation is 1. The molecule has 0 atom stereocenters. The molecular weight excluding hydrogens is 274 g/mol. The molecule has 2 aromatic heterocycles. The van der Waals surface area contributed by atoms with Gasteiger partial charge in [-0.05, 0) is 41.8 Å². The second-order valence-corrected chi connectivity index (χ2v) is 5.02. The summed E-state index contributed by atoms with van der Waals surface area (Å²) in [6.07, 6.45) is 1.55. The molecule has 2 heterocycles. The van der Waals surface area contributed by atoms with Crippen LogP contribution in [-0.2, 0) is 11.3 Å². The number of nitrogens with zero attached hydrogens (tertiary/aromatic N) is 1. The Hall–Kier alpha value is -2.08. The van der Waals surface area contributed by atoms with Crippen molar-refractivity contribution in [2.75, 3.05) is 17.7 Å². The Bertz CT molecular complexity index is 610. The molecule has 0 unspecified atom stereocenters. The fourth-order valence-electron chi connectivity index (χ4n) is 1.75. The zero-order valence-corrected chi connectivity index (χ0v) is 12.3. The number of pyridine rings is 1. The predicted octanol–water partition coefficient (Wildman–Crippen LogP) is 2.82. The van der Waals surface area contributed by atoms with E-state index in [0.717, 1.165) is 0 Å². The van der Waals surface area contributed by atoms with Crippen LogP contribution in [-0.4, -0.2) is 17.6 Å². The van der Waals surface area contributed by atoms with Crippen LogP contribution in [0.2, 0.25) is 0 Å². The Labute approximate surface area is 121 Å². The number of anilines is 2. The molecular formula is C14H17N3O2S.